The number of aromatic nitrogens is 2. The molecule has 3 heteroatoms. The van der Waals surface area contributed by atoms with Crippen molar-refractivity contribution in [3.05, 3.63) is 175 Å². The van der Waals surface area contributed by atoms with Crippen molar-refractivity contribution >= 4 is 60.7 Å². The molecule has 1 aliphatic heterocycles. The van der Waals surface area contributed by atoms with E-state index in [1.54, 1.807) is 0 Å². The van der Waals surface area contributed by atoms with Crippen LogP contribution < -0.4 is 4.90 Å². The fraction of sp³-hybridized carbons (Fsp3) is 0.0667. The maximum absolute atomic E-state index is 2.45. The molecule has 0 spiro atoms. The van der Waals surface area contributed by atoms with Crippen LogP contribution in [-0.2, 0) is 5.41 Å². The quantitative estimate of drug-likeness (QED) is 0.193. The highest BCUT2D eigenvalue weighted by molar-refractivity contribution is 6.26. The molecule has 7 aromatic carbocycles. The summed E-state index contributed by atoms with van der Waals surface area (Å²) in [5.41, 5.74) is 13.3. The molecule has 0 aliphatic carbocycles. The van der Waals surface area contributed by atoms with E-state index in [0.717, 1.165) is 11.4 Å². The second-order valence-electron chi connectivity index (χ2n) is 13.4. The van der Waals surface area contributed by atoms with Crippen LogP contribution in [0.25, 0.3) is 55.0 Å². The lowest BCUT2D eigenvalue weighted by Gasteiger charge is -2.42. The van der Waals surface area contributed by atoms with Crippen LogP contribution >= 0.6 is 0 Å². The molecule has 48 heavy (non-hydrogen) atoms. The lowest BCUT2D eigenvalue weighted by Crippen LogP contribution is -2.30. The standard InChI is InChI=1S/C45H33N3/c1-45(2)36-21-8-12-25-40(36)47(41-26-13-9-22-37(41)45)32-18-14-17-31(29-32)46-39-24-11-7-20-35(39)43-42(46)28-27-34-33-19-6-10-23-38(33)48(44(34)43)30-15-4-3-5-16-30/h3-29H,1-2H3. The van der Waals surface area contributed by atoms with Gasteiger partial charge in [0.05, 0.1) is 33.4 Å². The molecule has 0 fully saturated rings. The zero-order chi connectivity index (χ0) is 32.0. The van der Waals surface area contributed by atoms with Gasteiger partial charge in [0.2, 0.25) is 0 Å². The third-order valence-corrected chi connectivity index (χ3v) is 10.5. The Balaban J connectivity index is 1.27. The average Bonchev–Trinajstić information content (AvgIpc) is 3.65. The molecule has 9 aromatic rings. The highest BCUT2D eigenvalue weighted by atomic mass is 15.2. The summed E-state index contributed by atoms with van der Waals surface area (Å²) in [7, 11) is 0. The van der Waals surface area contributed by atoms with E-state index in [9.17, 15) is 0 Å². The van der Waals surface area contributed by atoms with Gasteiger partial charge < -0.3 is 14.0 Å². The van der Waals surface area contributed by atoms with Gasteiger partial charge in [0.15, 0.2) is 0 Å². The minimum atomic E-state index is -0.100. The fourth-order valence-electron chi connectivity index (χ4n) is 8.35. The molecule has 0 amide bonds. The van der Waals surface area contributed by atoms with Crippen molar-refractivity contribution in [3.63, 3.8) is 0 Å². The number of hydrogen-bond donors (Lipinski definition) is 0. The number of para-hydroxylation sites is 5. The molecular formula is C45H33N3. The molecule has 0 atom stereocenters. The second kappa shape index (κ2) is 9.97. The Morgan fingerprint density at radius 1 is 0.396 bits per heavy atom. The van der Waals surface area contributed by atoms with Gasteiger partial charge in [0.1, 0.15) is 0 Å². The number of rotatable bonds is 3. The van der Waals surface area contributed by atoms with Crippen molar-refractivity contribution in [1.29, 1.82) is 0 Å². The lowest BCUT2D eigenvalue weighted by atomic mass is 9.73. The fourth-order valence-corrected chi connectivity index (χ4v) is 8.35. The van der Waals surface area contributed by atoms with Gasteiger partial charge in [0.25, 0.3) is 0 Å². The van der Waals surface area contributed by atoms with E-state index in [2.05, 4.69) is 192 Å². The summed E-state index contributed by atoms with van der Waals surface area (Å²) in [4.78, 5) is 2.44. The molecule has 10 rings (SSSR count). The Morgan fingerprint density at radius 2 is 0.958 bits per heavy atom. The van der Waals surface area contributed by atoms with E-state index >= 15 is 0 Å². The molecule has 0 saturated carbocycles. The van der Waals surface area contributed by atoms with Crippen molar-refractivity contribution in [2.75, 3.05) is 4.90 Å². The summed E-state index contributed by atoms with van der Waals surface area (Å²) in [5, 5.41) is 5.05. The second-order valence-corrected chi connectivity index (χ2v) is 13.4. The van der Waals surface area contributed by atoms with Gasteiger partial charge in [0, 0.05) is 44.0 Å². The van der Waals surface area contributed by atoms with Gasteiger partial charge in [-0.15, -0.1) is 0 Å². The van der Waals surface area contributed by atoms with Gasteiger partial charge >= 0.3 is 0 Å². The van der Waals surface area contributed by atoms with Crippen LogP contribution in [0, 0.1) is 0 Å². The Hall–Kier alpha value is -6.06. The molecule has 228 valence electrons. The Bertz CT molecular complexity index is 2660. The molecule has 0 unspecified atom stereocenters. The number of fused-ring (bicyclic) bond motifs is 9. The number of hydrogen-bond acceptors (Lipinski definition) is 1. The zero-order valence-electron chi connectivity index (χ0n) is 26.9. The van der Waals surface area contributed by atoms with Gasteiger partial charge in [-0.25, -0.2) is 0 Å². The Kier molecular flexibility index (Phi) is 5.63. The highest BCUT2D eigenvalue weighted by Crippen LogP contribution is 2.52. The van der Waals surface area contributed by atoms with Crippen LogP contribution in [-0.4, -0.2) is 9.13 Å². The Labute approximate surface area is 279 Å². The maximum Gasteiger partial charge on any atom is 0.0641 e. The van der Waals surface area contributed by atoms with Crippen molar-refractivity contribution in [3.8, 4) is 11.4 Å². The Morgan fingerprint density at radius 3 is 1.69 bits per heavy atom. The number of benzene rings is 7. The summed E-state index contributed by atoms with van der Waals surface area (Å²) in [5.74, 6) is 0. The normalized spacial score (nSPS) is 13.8. The zero-order valence-corrected chi connectivity index (χ0v) is 26.9. The van der Waals surface area contributed by atoms with Crippen LogP contribution in [0.2, 0.25) is 0 Å². The van der Waals surface area contributed by atoms with Gasteiger partial charge in [-0.05, 0) is 71.8 Å². The molecule has 1 aliphatic rings. The first-order chi connectivity index (χ1) is 23.6. The van der Waals surface area contributed by atoms with E-state index in [1.807, 2.05) is 0 Å². The van der Waals surface area contributed by atoms with Crippen molar-refractivity contribution in [2.24, 2.45) is 0 Å². The monoisotopic (exact) mass is 615 g/mol. The topological polar surface area (TPSA) is 13.1 Å². The van der Waals surface area contributed by atoms with Gasteiger partial charge in [-0.3, -0.25) is 0 Å². The first kappa shape index (κ1) is 27.1. The number of anilines is 3. The van der Waals surface area contributed by atoms with Crippen molar-refractivity contribution < 1.29 is 0 Å². The SMILES string of the molecule is CC1(C)c2ccccc2N(c2cccc(-n3c4ccccc4c4c3ccc3c5ccccc5n(-c5ccccc5)c34)c2)c2ccccc21. The summed E-state index contributed by atoms with van der Waals surface area (Å²) in [6.45, 7) is 4.68. The predicted molar refractivity (Wildman–Crippen MR) is 202 cm³/mol. The van der Waals surface area contributed by atoms with Crippen LogP contribution in [0.5, 0.6) is 0 Å². The molecule has 2 aromatic heterocycles. The van der Waals surface area contributed by atoms with Crippen LogP contribution in [0.1, 0.15) is 25.0 Å². The molecule has 0 saturated heterocycles. The van der Waals surface area contributed by atoms with E-state index in [-0.39, 0.29) is 5.41 Å². The molecule has 0 N–H and O–H groups in total. The van der Waals surface area contributed by atoms with Crippen LogP contribution in [0.3, 0.4) is 0 Å². The van der Waals surface area contributed by atoms with Crippen LogP contribution in [0.4, 0.5) is 17.1 Å². The summed E-state index contributed by atoms with van der Waals surface area (Å²) in [6, 6.07) is 59.8. The average molecular weight is 616 g/mol. The minimum absolute atomic E-state index is 0.100. The summed E-state index contributed by atoms with van der Waals surface area (Å²) >= 11 is 0. The molecule has 3 nitrogen and oxygen atoms in total. The van der Waals surface area contributed by atoms with E-state index in [4.69, 9.17) is 0 Å². The molecule has 0 bridgehead atoms. The number of nitrogens with zero attached hydrogens (tertiary/aromatic N) is 3. The van der Waals surface area contributed by atoms with E-state index in [0.29, 0.717) is 0 Å². The molecule has 3 heterocycles. The minimum Gasteiger partial charge on any atom is -0.310 e. The van der Waals surface area contributed by atoms with Gasteiger partial charge in [-0.2, -0.15) is 0 Å². The van der Waals surface area contributed by atoms with Gasteiger partial charge in [-0.1, -0.05) is 117 Å². The molecular weight excluding hydrogens is 583 g/mol. The summed E-state index contributed by atoms with van der Waals surface area (Å²) in [6.07, 6.45) is 0. The smallest absolute Gasteiger partial charge is 0.0641 e. The third kappa shape index (κ3) is 3.64. The predicted octanol–water partition coefficient (Wildman–Crippen LogP) is 12.0. The maximum atomic E-state index is 2.45. The summed E-state index contributed by atoms with van der Waals surface area (Å²) < 4.78 is 4.90. The largest absolute Gasteiger partial charge is 0.310 e. The lowest BCUT2D eigenvalue weighted by molar-refractivity contribution is 0.632. The van der Waals surface area contributed by atoms with Crippen LogP contribution in [0.15, 0.2) is 164 Å². The van der Waals surface area contributed by atoms with E-state index in [1.165, 1.54) is 71.8 Å². The van der Waals surface area contributed by atoms with Crippen molar-refractivity contribution in [1.82, 2.24) is 9.13 Å². The van der Waals surface area contributed by atoms with Crippen molar-refractivity contribution in [2.45, 2.75) is 19.3 Å². The first-order valence-electron chi connectivity index (χ1n) is 16.7. The molecule has 0 radical (unpaired) electrons. The first-order valence-corrected chi connectivity index (χ1v) is 16.7. The third-order valence-electron chi connectivity index (χ3n) is 10.5. The van der Waals surface area contributed by atoms with E-state index < -0.39 is 0 Å². The highest BCUT2D eigenvalue weighted by Gasteiger charge is 2.36.